The number of carbonyl (C=O) groups excluding carboxylic acids is 1. The van der Waals surface area contributed by atoms with Crippen molar-refractivity contribution in [3.63, 3.8) is 0 Å². The van der Waals surface area contributed by atoms with Crippen molar-refractivity contribution >= 4 is 5.91 Å². The van der Waals surface area contributed by atoms with Gasteiger partial charge in [0.05, 0.1) is 5.69 Å². The number of likely N-dealkylation sites (tertiary alicyclic amines) is 1. The minimum absolute atomic E-state index is 0.101. The molecule has 0 aliphatic carbocycles. The summed E-state index contributed by atoms with van der Waals surface area (Å²) in [6.45, 7) is 5.79. The van der Waals surface area contributed by atoms with Crippen LogP contribution in [0, 0.1) is 5.82 Å². The van der Waals surface area contributed by atoms with Gasteiger partial charge in [0, 0.05) is 24.7 Å². The summed E-state index contributed by atoms with van der Waals surface area (Å²) >= 11 is 0. The predicted molar refractivity (Wildman–Crippen MR) is 108 cm³/mol. The first-order chi connectivity index (χ1) is 13.7. The molecule has 5 nitrogen and oxygen atoms in total. The number of aromatic nitrogens is 2. The van der Waals surface area contributed by atoms with E-state index in [4.69, 9.17) is 4.98 Å². The van der Waals surface area contributed by atoms with Gasteiger partial charge in [-0.05, 0) is 57.3 Å². The maximum absolute atomic E-state index is 13.8. The smallest absolute Gasteiger partial charge is 0.271 e. The van der Waals surface area contributed by atoms with Crippen LogP contribution in [0.5, 0.6) is 0 Å². The van der Waals surface area contributed by atoms with Gasteiger partial charge in [0.2, 0.25) is 0 Å². The molecule has 0 saturated carbocycles. The molecule has 6 heteroatoms. The number of amides is 1. The molecule has 28 heavy (non-hydrogen) atoms. The first-order valence-corrected chi connectivity index (χ1v) is 10.5. The fourth-order valence-electron chi connectivity index (χ4n) is 4.59. The van der Waals surface area contributed by atoms with Crippen molar-refractivity contribution < 1.29 is 9.18 Å². The lowest BCUT2D eigenvalue weighted by Gasteiger charge is -2.22. The van der Waals surface area contributed by atoms with Crippen molar-refractivity contribution in [2.75, 3.05) is 19.6 Å². The first kappa shape index (κ1) is 19.1. The Morgan fingerprint density at radius 2 is 2.14 bits per heavy atom. The molecule has 2 aliphatic heterocycles. The third-order valence-electron chi connectivity index (χ3n) is 6.07. The molecule has 4 rings (SSSR count). The lowest BCUT2D eigenvalue weighted by molar-refractivity contribution is 0.0935. The lowest BCUT2D eigenvalue weighted by atomic mass is 10.1. The normalized spacial score (nSPS) is 20.0. The summed E-state index contributed by atoms with van der Waals surface area (Å²) in [6.07, 6.45) is 6.41. The lowest BCUT2D eigenvalue weighted by Crippen LogP contribution is -2.40. The highest BCUT2D eigenvalue weighted by Crippen LogP contribution is 2.27. The SMILES string of the molecule is CCN1CCCC1CNC(=O)c1nc(-c2cccc(F)c2)n2c1CCCCC2. The van der Waals surface area contributed by atoms with Crippen LogP contribution in [0.3, 0.4) is 0 Å². The van der Waals surface area contributed by atoms with Crippen molar-refractivity contribution in [1.29, 1.82) is 0 Å². The Labute approximate surface area is 165 Å². The van der Waals surface area contributed by atoms with Gasteiger partial charge in [0.15, 0.2) is 0 Å². The predicted octanol–water partition coefficient (Wildman–Crippen LogP) is 3.63. The molecule has 1 aromatic heterocycles. The molecule has 2 aliphatic rings. The van der Waals surface area contributed by atoms with Gasteiger partial charge in [-0.15, -0.1) is 0 Å². The van der Waals surface area contributed by atoms with E-state index in [-0.39, 0.29) is 11.7 Å². The largest absolute Gasteiger partial charge is 0.349 e. The second-order valence-corrected chi connectivity index (χ2v) is 7.84. The van der Waals surface area contributed by atoms with Crippen LogP contribution in [0.4, 0.5) is 4.39 Å². The molecular weight excluding hydrogens is 355 g/mol. The number of nitrogens with zero attached hydrogens (tertiary/aromatic N) is 3. The quantitative estimate of drug-likeness (QED) is 0.856. The van der Waals surface area contributed by atoms with E-state index in [2.05, 4.69) is 21.7 Å². The molecule has 1 fully saturated rings. The third-order valence-corrected chi connectivity index (χ3v) is 6.07. The molecule has 0 bridgehead atoms. The fraction of sp³-hybridized carbons (Fsp3) is 0.545. The van der Waals surface area contributed by atoms with E-state index in [9.17, 15) is 9.18 Å². The van der Waals surface area contributed by atoms with Crippen molar-refractivity contribution in [3.05, 3.63) is 41.5 Å². The number of carbonyl (C=O) groups is 1. The van der Waals surface area contributed by atoms with Crippen LogP contribution in [-0.2, 0) is 13.0 Å². The Kier molecular flexibility index (Phi) is 5.76. The van der Waals surface area contributed by atoms with E-state index >= 15 is 0 Å². The maximum Gasteiger partial charge on any atom is 0.271 e. The van der Waals surface area contributed by atoms with Crippen LogP contribution in [-0.4, -0.2) is 46.0 Å². The molecule has 1 N–H and O–H groups in total. The molecule has 1 aromatic carbocycles. The number of hydrogen-bond donors (Lipinski definition) is 1. The van der Waals surface area contributed by atoms with Crippen molar-refractivity contribution in [1.82, 2.24) is 19.8 Å². The standard InChI is InChI=1S/C22H29FN4O/c1-2-26-12-7-10-18(26)15-24-22(28)20-19-11-4-3-5-13-27(19)21(25-20)16-8-6-9-17(23)14-16/h6,8-9,14,18H,2-5,7,10-13,15H2,1H3,(H,24,28). The van der Waals surface area contributed by atoms with Crippen molar-refractivity contribution in [3.8, 4) is 11.4 Å². The van der Waals surface area contributed by atoms with Gasteiger partial charge in [0.1, 0.15) is 17.3 Å². The van der Waals surface area contributed by atoms with Crippen LogP contribution in [0.1, 0.15) is 55.2 Å². The summed E-state index contributed by atoms with van der Waals surface area (Å²) in [7, 11) is 0. The van der Waals surface area contributed by atoms with E-state index in [1.54, 1.807) is 6.07 Å². The van der Waals surface area contributed by atoms with Crippen LogP contribution in [0.25, 0.3) is 11.4 Å². The highest BCUT2D eigenvalue weighted by atomic mass is 19.1. The number of benzene rings is 1. The molecule has 1 amide bonds. The first-order valence-electron chi connectivity index (χ1n) is 10.5. The Bertz CT molecular complexity index is 847. The third kappa shape index (κ3) is 3.83. The minimum Gasteiger partial charge on any atom is -0.349 e. The average Bonchev–Trinajstić information content (AvgIpc) is 3.23. The van der Waals surface area contributed by atoms with Gasteiger partial charge in [-0.3, -0.25) is 9.69 Å². The average molecular weight is 384 g/mol. The number of rotatable bonds is 5. The molecular formula is C22H29FN4O. The Morgan fingerprint density at radius 1 is 1.25 bits per heavy atom. The molecule has 150 valence electrons. The van der Waals surface area contributed by atoms with E-state index in [0.29, 0.717) is 24.1 Å². The fourth-order valence-corrected chi connectivity index (χ4v) is 4.59. The number of nitrogens with one attached hydrogen (secondary N) is 1. The molecule has 2 aromatic rings. The van der Waals surface area contributed by atoms with Gasteiger partial charge in [-0.1, -0.05) is 25.5 Å². The van der Waals surface area contributed by atoms with E-state index in [1.807, 2.05) is 6.07 Å². The monoisotopic (exact) mass is 384 g/mol. The highest BCUT2D eigenvalue weighted by Gasteiger charge is 2.27. The van der Waals surface area contributed by atoms with Crippen LogP contribution < -0.4 is 5.32 Å². The van der Waals surface area contributed by atoms with Crippen LogP contribution in [0.2, 0.25) is 0 Å². The molecule has 1 saturated heterocycles. The maximum atomic E-state index is 13.8. The summed E-state index contributed by atoms with van der Waals surface area (Å²) in [6, 6.07) is 6.91. The molecule has 3 heterocycles. The van der Waals surface area contributed by atoms with E-state index in [0.717, 1.165) is 63.0 Å². The van der Waals surface area contributed by atoms with Crippen LogP contribution in [0.15, 0.2) is 24.3 Å². The number of halogens is 1. The Hall–Kier alpha value is -2.21. The summed E-state index contributed by atoms with van der Waals surface area (Å²) in [5.74, 6) is 0.323. The second-order valence-electron chi connectivity index (χ2n) is 7.84. The highest BCUT2D eigenvalue weighted by molar-refractivity contribution is 5.94. The zero-order valence-corrected chi connectivity index (χ0v) is 16.6. The molecule has 1 atom stereocenters. The van der Waals surface area contributed by atoms with Gasteiger partial charge < -0.3 is 9.88 Å². The van der Waals surface area contributed by atoms with Gasteiger partial charge >= 0.3 is 0 Å². The van der Waals surface area contributed by atoms with Crippen molar-refractivity contribution in [2.24, 2.45) is 0 Å². The summed E-state index contributed by atoms with van der Waals surface area (Å²) < 4.78 is 15.9. The number of fused-ring (bicyclic) bond motifs is 1. The summed E-state index contributed by atoms with van der Waals surface area (Å²) in [4.78, 5) is 20.1. The van der Waals surface area contributed by atoms with Gasteiger partial charge in [-0.25, -0.2) is 9.37 Å². The van der Waals surface area contributed by atoms with E-state index < -0.39 is 0 Å². The molecule has 1 unspecified atom stereocenters. The van der Waals surface area contributed by atoms with Gasteiger partial charge in [-0.2, -0.15) is 0 Å². The zero-order valence-electron chi connectivity index (χ0n) is 16.6. The number of likely N-dealkylation sites (N-methyl/N-ethyl adjacent to an activating group) is 1. The topological polar surface area (TPSA) is 50.2 Å². The van der Waals surface area contributed by atoms with Gasteiger partial charge in [0.25, 0.3) is 5.91 Å². The molecule has 0 spiro atoms. The Balaban J connectivity index is 1.60. The second kappa shape index (κ2) is 8.43. The zero-order chi connectivity index (χ0) is 19.5. The van der Waals surface area contributed by atoms with Crippen molar-refractivity contribution in [2.45, 2.75) is 58.0 Å². The number of imidazole rings is 1. The summed E-state index contributed by atoms with van der Waals surface area (Å²) in [5, 5.41) is 3.12. The van der Waals surface area contributed by atoms with Crippen LogP contribution >= 0.6 is 0 Å². The summed E-state index contributed by atoms with van der Waals surface area (Å²) in [5.41, 5.74) is 2.24. The van der Waals surface area contributed by atoms with E-state index in [1.165, 1.54) is 18.6 Å². The Morgan fingerprint density at radius 3 is 2.96 bits per heavy atom. The number of hydrogen-bond acceptors (Lipinski definition) is 3. The molecule has 0 radical (unpaired) electrons. The minimum atomic E-state index is -0.282.